The molecule has 2 aromatic rings. The number of methoxy groups -OCH3 is 1. The van der Waals surface area contributed by atoms with Crippen LogP contribution >= 0.6 is 0 Å². The molecule has 192 valence electrons. The third-order valence-electron chi connectivity index (χ3n) is 5.50. The van der Waals surface area contributed by atoms with E-state index in [9.17, 15) is 22.4 Å². The van der Waals surface area contributed by atoms with Gasteiger partial charge in [0.25, 0.3) is 0 Å². The first-order valence-corrected chi connectivity index (χ1v) is 13.3. The molecule has 8 nitrogen and oxygen atoms in total. The number of carbonyl (C=O) groups is 2. The molecule has 0 aliphatic carbocycles. The third kappa shape index (κ3) is 8.54. The summed E-state index contributed by atoms with van der Waals surface area (Å²) in [6, 6.07) is 11.6. The normalized spacial score (nSPS) is 12.0. The van der Waals surface area contributed by atoms with Gasteiger partial charge in [-0.2, -0.15) is 0 Å². The molecule has 2 rings (SSSR count). The summed E-state index contributed by atoms with van der Waals surface area (Å²) >= 11 is 0. The Morgan fingerprint density at radius 3 is 2.26 bits per heavy atom. The van der Waals surface area contributed by atoms with Gasteiger partial charge < -0.3 is 15.0 Å². The van der Waals surface area contributed by atoms with E-state index in [-0.39, 0.29) is 43.6 Å². The molecule has 0 aliphatic rings. The predicted octanol–water partition coefficient (Wildman–Crippen LogP) is 3.32. The number of benzene rings is 2. The maximum absolute atomic E-state index is 13.3. The molecule has 10 heteroatoms. The Bertz CT molecular complexity index is 1080. The maximum Gasteiger partial charge on any atom is 0.242 e. The number of hydrogen-bond acceptors (Lipinski definition) is 5. The van der Waals surface area contributed by atoms with Crippen LogP contribution in [0.15, 0.2) is 48.5 Å². The van der Waals surface area contributed by atoms with Gasteiger partial charge in [0.15, 0.2) is 0 Å². The fourth-order valence-corrected chi connectivity index (χ4v) is 4.48. The van der Waals surface area contributed by atoms with Gasteiger partial charge in [0.05, 0.1) is 19.1 Å². The number of carbonyl (C=O) groups excluding carboxylic acids is 2. The van der Waals surface area contributed by atoms with Crippen LogP contribution in [0.25, 0.3) is 0 Å². The molecule has 0 aromatic heterocycles. The second kappa shape index (κ2) is 13.1. The van der Waals surface area contributed by atoms with Gasteiger partial charge in [0, 0.05) is 26.1 Å². The lowest BCUT2D eigenvalue weighted by molar-refractivity contribution is -0.140. The van der Waals surface area contributed by atoms with E-state index in [2.05, 4.69) is 5.32 Å². The number of sulfonamides is 1. The van der Waals surface area contributed by atoms with E-state index in [1.54, 1.807) is 43.3 Å². The predicted molar refractivity (Wildman–Crippen MR) is 134 cm³/mol. The van der Waals surface area contributed by atoms with E-state index in [1.165, 1.54) is 28.4 Å². The Morgan fingerprint density at radius 1 is 1.09 bits per heavy atom. The molecule has 0 fully saturated rings. The summed E-state index contributed by atoms with van der Waals surface area (Å²) < 4.78 is 44.4. The van der Waals surface area contributed by atoms with Crippen LogP contribution in [-0.2, 0) is 26.2 Å². The highest BCUT2D eigenvalue weighted by Crippen LogP contribution is 2.22. The van der Waals surface area contributed by atoms with Crippen molar-refractivity contribution in [1.82, 2.24) is 10.2 Å². The van der Waals surface area contributed by atoms with Crippen molar-refractivity contribution in [3.05, 3.63) is 59.9 Å². The van der Waals surface area contributed by atoms with Gasteiger partial charge in [-0.1, -0.05) is 19.1 Å². The SMILES string of the molecule is CCCNC(=O)[C@H](C)N(Cc1ccc(F)cc1)C(=O)CCCN(c1ccc(OC)cc1)S(C)(=O)=O. The number of nitrogens with one attached hydrogen (secondary N) is 1. The zero-order chi connectivity index (χ0) is 26.0. The number of anilines is 1. The van der Waals surface area contributed by atoms with Gasteiger partial charge in [0.1, 0.15) is 17.6 Å². The molecule has 0 bridgehead atoms. The Kier molecular flexibility index (Phi) is 10.5. The summed E-state index contributed by atoms with van der Waals surface area (Å²) in [4.78, 5) is 27.2. The fraction of sp³-hybridized carbons (Fsp3) is 0.440. The largest absolute Gasteiger partial charge is 0.497 e. The quantitative estimate of drug-likeness (QED) is 0.449. The first-order chi connectivity index (χ1) is 16.6. The van der Waals surface area contributed by atoms with Gasteiger partial charge in [-0.05, 0) is 61.7 Å². The van der Waals surface area contributed by atoms with Crippen LogP contribution in [0.5, 0.6) is 5.75 Å². The first-order valence-electron chi connectivity index (χ1n) is 11.5. The monoisotopic (exact) mass is 507 g/mol. The lowest BCUT2D eigenvalue weighted by atomic mass is 10.1. The third-order valence-corrected chi connectivity index (χ3v) is 6.69. The number of amides is 2. The van der Waals surface area contributed by atoms with Crippen LogP contribution in [0.2, 0.25) is 0 Å². The number of halogens is 1. The molecule has 0 heterocycles. The summed E-state index contributed by atoms with van der Waals surface area (Å²) in [6.45, 7) is 4.30. The van der Waals surface area contributed by atoms with E-state index in [4.69, 9.17) is 4.74 Å². The van der Waals surface area contributed by atoms with E-state index in [1.807, 2.05) is 6.92 Å². The molecular formula is C25H34FN3O5S. The van der Waals surface area contributed by atoms with Crippen molar-refractivity contribution in [2.24, 2.45) is 0 Å². The number of nitrogens with zero attached hydrogens (tertiary/aromatic N) is 2. The van der Waals surface area contributed by atoms with E-state index >= 15 is 0 Å². The van der Waals surface area contributed by atoms with Gasteiger partial charge in [-0.3, -0.25) is 13.9 Å². The van der Waals surface area contributed by atoms with E-state index in [0.717, 1.165) is 12.7 Å². The topological polar surface area (TPSA) is 96.0 Å². The Balaban J connectivity index is 2.14. The first kappa shape index (κ1) is 28.1. The summed E-state index contributed by atoms with van der Waals surface area (Å²) in [5, 5.41) is 2.80. The zero-order valence-electron chi connectivity index (χ0n) is 20.7. The van der Waals surface area contributed by atoms with Crippen LogP contribution in [0, 0.1) is 5.82 Å². The maximum atomic E-state index is 13.3. The highest BCUT2D eigenvalue weighted by Gasteiger charge is 2.26. The van der Waals surface area contributed by atoms with Gasteiger partial charge >= 0.3 is 0 Å². The molecule has 35 heavy (non-hydrogen) atoms. The number of hydrogen-bond donors (Lipinski definition) is 1. The fourth-order valence-electron chi connectivity index (χ4n) is 3.52. The molecule has 0 spiro atoms. The molecule has 0 aliphatic heterocycles. The minimum Gasteiger partial charge on any atom is -0.497 e. The Hall–Kier alpha value is -3.14. The molecule has 0 saturated carbocycles. The standard InChI is InChI=1S/C25H34FN3O5S/c1-5-16-27-25(31)19(2)28(18-20-8-10-21(26)11-9-20)24(30)7-6-17-29(35(4,32)33)22-12-14-23(34-3)15-13-22/h8-15,19H,5-7,16-18H2,1-4H3,(H,27,31)/t19-/m0/s1. The number of ether oxygens (including phenoxy) is 1. The van der Waals surface area contributed by atoms with E-state index < -0.39 is 16.1 Å². The second-order valence-corrected chi connectivity index (χ2v) is 10.2. The highest BCUT2D eigenvalue weighted by atomic mass is 32.2. The average Bonchev–Trinajstić information content (AvgIpc) is 2.83. The molecule has 0 radical (unpaired) electrons. The molecule has 2 amide bonds. The molecular weight excluding hydrogens is 473 g/mol. The zero-order valence-corrected chi connectivity index (χ0v) is 21.5. The second-order valence-electron chi connectivity index (χ2n) is 8.25. The summed E-state index contributed by atoms with van der Waals surface area (Å²) in [6.07, 6.45) is 2.16. The minimum absolute atomic E-state index is 0.0365. The molecule has 1 N–H and O–H groups in total. The Labute approximate surface area is 207 Å². The van der Waals surface area contributed by atoms with Gasteiger partial charge in [-0.15, -0.1) is 0 Å². The smallest absolute Gasteiger partial charge is 0.242 e. The van der Waals surface area contributed by atoms with Crippen molar-refractivity contribution < 1.29 is 27.1 Å². The van der Waals surface area contributed by atoms with Crippen molar-refractivity contribution in [3.63, 3.8) is 0 Å². The van der Waals surface area contributed by atoms with E-state index in [0.29, 0.717) is 23.5 Å². The average molecular weight is 508 g/mol. The van der Waals surface area contributed by atoms with Crippen molar-refractivity contribution in [1.29, 1.82) is 0 Å². The molecule has 1 atom stereocenters. The molecule has 2 aromatic carbocycles. The van der Waals surface area contributed by atoms with Gasteiger partial charge in [0.2, 0.25) is 21.8 Å². The van der Waals surface area contributed by atoms with Crippen LogP contribution in [-0.4, -0.2) is 57.6 Å². The van der Waals surface area contributed by atoms with Crippen molar-refractivity contribution in [2.45, 2.75) is 45.7 Å². The van der Waals surface area contributed by atoms with Gasteiger partial charge in [-0.25, -0.2) is 12.8 Å². The van der Waals surface area contributed by atoms with Crippen LogP contribution in [0.4, 0.5) is 10.1 Å². The summed E-state index contributed by atoms with van der Waals surface area (Å²) in [5.74, 6) is -0.362. The summed E-state index contributed by atoms with van der Waals surface area (Å²) in [5.41, 5.74) is 1.15. The van der Waals surface area contributed by atoms with Crippen molar-refractivity contribution >= 4 is 27.5 Å². The van der Waals surface area contributed by atoms with Crippen LogP contribution in [0.1, 0.15) is 38.7 Å². The highest BCUT2D eigenvalue weighted by molar-refractivity contribution is 7.92. The lowest BCUT2D eigenvalue weighted by Crippen LogP contribution is -2.47. The number of rotatable bonds is 13. The lowest BCUT2D eigenvalue weighted by Gasteiger charge is -2.29. The molecule has 0 unspecified atom stereocenters. The van der Waals surface area contributed by atoms with Crippen LogP contribution in [0.3, 0.4) is 0 Å². The summed E-state index contributed by atoms with van der Waals surface area (Å²) in [7, 11) is -2.06. The van der Waals surface area contributed by atoms with Crippen molar-refractivity contribution in [2.75, 3.05) is 30.8 Å². The minimum atomic E-state index is -3.58. The Morgan fingerprint density at radius 2 is 1.71 bits per heavy atom. The molecule has 0 saturated heterocycles. The van der Waals surface area contributed by atoms with Crippen LogP contribution < -0.4 is 14.4 Å². The van der Waals surface area contributed by atoms with Crippen molar-refractivity contribution in [3.8, 4) is 5.75 Å².